The summed E-state index contributed by atoms with van der Waals surface area (Å²) >= 11 is 0. The van der Waals surface area contributed by atoms with Crippen LogP contribution in [-0.4, -0.2) is 21.9 Å². The fraction of sp³-hybridized carbons (Fsp3) is 0.385. The molecule has 0 bridgehead atoms. The van der Waals surface area contributed by atoms with E-state index in [4.69, 9.17) is 10.3 Å². The predicted molar refractivity (Wildman–Crippen MR) is 73.2 cm³/mol. The average Bonchev–Trinajstić information content (AvgIpc) is 2.73. The number of rotatable bonds is 5. The van der Waals surface area contributed by atoms with E-state index < -0.39 is 0 Å². The molecule has 0 atom stereocenters. The standard InChI is InChI=1S/C13H19N5O/c1-9-6-12(17-14)16-13(15-9)8-18(3)7-11-5-4-10(2)19-11/h4-6H,7-8,14H2,1-3H3,(H,15,16,17). The molecule has 0 spiro atoms. The Bertz CT molecular complexity index is 552. The lowest BCUT2D eigenvalue weighted by Gasteiger charge is -2.14. The van der Waals surface area contributed by atoms with Crippen LogP contribution in [0.25, 0.3) is 0 Å². The van der Waals surface area contributed by atoms with Crippen molar-refractivity contribution in [3.8, 4) is 0 Å². The lowest BCUT2D eigenvalue weighted by atomic mass is 10.3. The van der Waals surface area contributed by atoms with Crippen molar-refractivity contribution >= 4 is 5.82 Å². The van der Waals surface area contributed by atoms with Crippen LogP contribution in [-0.2, 0) is 13.1 Å². The molecule has 0 aromatic carbocycles. The van der Waals surface area contributed by atoms with Gasteiger partial charge in [0.1, 0.15) is 23.2 Å². The van der Waals surface area contributed by atoms with Gasteiger partial charge in [0, 0.05) is 11.8 Å². The monoisotopic (exact) mass is 261 g/mol. The number of nitrogens with zero attached hydrogens (tertiary/aromatic N) is 3. The quantitative estimate of drug-likeness (QED) is 0.628. The van der Waals surface area contributed by atoms with Gasteiger partial charge in [0.2, 0.25) is 0 Å². The molecule has 6 nitrogen and oxygen atoms in total. The second-order valence-electron chi connectivity index (χ2n) is 4.64. The van der Waals surface area contributed by atoms with Gasteiger partial charge in [-0.1, -0.05) is 0 Å². The summed E-state index contributed by atoms with van der Waals surface area (Å²) < 4.78 is 5.55. The number of nitrogens with one attached hydrogen (secondary N) is 1. The Morgan fingerprint density at radius 2 is 2.05 bits per heavy atom. The Kier molecular flexibility index (Phi) is 4.13. The van der Waals surface area contributed by atoms with Crippen LogP contribution in [0.15, 0.2) is 22.6 Å². The van der Waals surface area contributed by atoms with Gasteiger partial charge in [0.05, 0.1) is 13.1 Å². The molecule has 6 heteroatoms. The molecular weight excluding hydrogens is 242 g/mol. The second-order valence-corrected chi connectivity index (χ2v) is 4.64. The molecule has 0 unspecified atom stereocenters. The SMILES string of the molecule is Cc1cc(NN)nc(CN(C)Cc2ccc(C)o2)n1. The molecule has 2 heterocycles. The summed E-state index contributed by atoms with van der Waals surface area (Å²) in [6.45, 7) is 5.21. The first kappa shape index (κ1) is 13.5. The summed E-state index contributed by atoms with van der Waals surface area (Å²) in [6.07, 6.45) is 0. The van der Waals surface area contributed by atoms with Gasteiger partial charge >= 0.3 is 0 Å². The Labute approximate surface area is 112 Å². The van der Waals surface area contributed by atoms with Crippen LogP contribution in [0.3, 0.4) is 0 Å². The molecule has 0 radical (unpaired) electrons. The highest BCUT2D eigenvalue weighted by Crippen LogP contribution is 2.11. The van der Waals surface area contributed by atoms with E-state index in [0.29, 0.717) is 12.4 Å². The minimum absolute atomic E-state index is 0.629. The molecule has 19 heavy (non-hydrogen) atoms. The molecular formula is C13H19N5O. The van der Waals surface area contributed by atoms with Crippen LogP contribution in [0.5, 0.6) is 0 Å². The van der Waals surface area contributed by atoms with Crippen LogP contribution in [0.2, 0.25) is 0 Å². The second kappa shape index (κ2) is 5.81. The molecule has 0 aliphatic carbocycles. The first-order chi connectivity index (χ1) is 9.06. The number of aryl methyl sites for hydroxylation is 2. The number of nitrogens with two attached hydrogens (primary N) is 1. The van der Waals surface area contributed by atoms with Gasteiger partial charge in [-0.15, -0.1) is 0 Å². The summed E-state index contributed by atoms with van der Waals surface area (Å²) in [5, 5.41) is 0. The minimum atomic E-state index is 0.629. The highest BCUT2D eigenvalue weighted by Gasteiger charge is 2.08. The largest absolute Gasteiger partial charge is 0.465 e. The van der Waals surface area contributed by atoms with E-state index in [2.05, 4.69) is 20.3 Å². The van der Waals surface area contributed by atoms with Gasteiger partial charge < -0.3 is 9.84 Å². The number of hydrogen-bond acceptors (Lipinski definition) is 6. The van der Waals surface area contributed by atoms with E-state index in [1.807, 2.05) is 33.0 Å². The van der Waals surface area contributed by atoms with Crippen molar-refractivity contribution in [2.24, 2.45) is 5.84 Å². The van der Waals surface area contributed by atoms with Crippen molar-refractivity contribution in [3.63, 3.8) is 0 Å². The Balaban J connectivity index is 2.02. The fourth-order valence-corrected chi connectivity index (χ4v) is 1.91. The zero-order chi connectivity index (χ0) is 13.8. The molecule has 2 aromatic heterocycles. The normalized spacial score (nSPS) is 11.0. The summed E-state index contributed by atoms with van der Waals surface area (Å²) in [4.78, 5) is 10.8. The topological polar surface area (TPSA) is 80.2 Å². The third-order valence-corrected chi connectivity index (χ3v) is 2.68. The van der Waals surface area contributed by atoms with Crippen molar-refractivity contribution in [2.45, 2.75) is 26.9 Å². The molecule has 102 valence electrons. The van der Waals surface area contributed by atoms with Crippen molar-refractivity contribution < 1.29 is 4.42 Å². The van der Waals surface area contributed by atoms with Crippen LogP contribution in [0.1, 0.15) is 23.0 Å². The molecule has 0 amide bonds. The molecule has 0 fully saturated rings. The molecule has 2 rings (SSSR count). The van der Waals surface area contributed by atoms with Gasteiger partial charge in [-0.05, 0) is 33.0 Å². The number of anilines is 1. The highest BCUT2D eigenvalue weighted by molar-refractivity contribution is 5.33. The van der Waals surface area contributed by atoms with E-state index in [9.17, 15) is 0 Å². The maximum absolute atomic E-state index is 5.55. The van der Waals surface area contributed by atoms with Crippen LogP contribution < -0.4 is 11.3 Å². The van der Waals surface area contributed by atoms with Crippen molar-refractivity contribution in [3.05, 3.63) is 41.2 Å². The summed E-state index contributed by atoms with van der Waals surface area (Å²) in [7, 11) is 2.00. The fourth-order valence-electron chi connectivity index (χ4n) is 1.91. The van der Waals surface area contributed by atoms with Crippen LogP contribution >= 0.6 is 0 Å². The third kappa shape index (κ3) is 3.77. The van der Waals surface area contributed by atoms with E-state index in [1.54, 1.807) is 6.07 Å². The number of nitrogen functional groups attached to an aromatic ring is 1. The highest BCUT2D eigenvalue weighted by atomic mass is 16.3. The molecule has 0 aliphatic rings. The van der Waals surface area contributed by atoms with Gasteiger partial charge in [0.15, 0.2) is 0 Å². The summed E-state index contributed by atoms with van der Waals surface area (Å²) in [5.74, 6) is 8.60. The number of hydrazine groups is 1. The smallest absolute Gasteiger partial charge is 0.145 e. The zero-order valence-electron chi connectivity index (χ0n) is 11.5. The van der Waals surface area contributed by atoms with Crippen LogP contribution in [0.4, 0.5) is 5.82 Å². The molecule has 3 N–H and O–H groups in total. The van der Waals surface area contributed by atoms with Crippen molar-refractivity contribution in [2.75, 3.05) is 12.5 Å². The Morgan fingerprint density at radius 3 is 2.68 bits per heavy atom. The van der Waals surface area contributed by atoms with Gasteiger partial charge in [-0.3, -0.25) is 4.90 Å². The van der Waals surface area contributed by atoms with Crippen molar-refractivity contribution in [1.29, 1.82) is 0 Å². The van der Waals surface area contributed by atoms with E-state index >= 15 is 0 Å². The number of furan rings is 1. The molecule has 0 saturated heterocycles. The van der Waals surface area contributed by atoms with Gasteiger partial charge in [0.25, 0.3) is 0 Å². The Hall–Kier alpha value is -1.92. The Morgan fingerprint density at radius 1 is 1.26 bits per heavy atom. The van der Waals surface area contributed by atoms with Gasteiger partial charge in [-0.25, -0.2) is 15.8 Å². The van der Waals surface area contributed by atoms with Crippen LogP contribution in [0, 0.1) is 13.8 Å². The van der Waals surface area contributed by atoms with E-state index in [0.717, 1.165) is 29.6 Å². The first-order valence-corrected chi connectivity index (χ1v) is 6.12. The maximum atomic E-state index is 5.55. The molecule has 2 aromatic rings. The maximum Gasteiger partial charge on any atom is 0.145 e. The van der Waals surface area contributed by atoms with Gasteiger partial charge in [-0.2, -0.15) is 0 Å². The number of hydrogen-bond donors (Lipinski definition) is 2. The van der Waals surface area contributed by atoms with E-state index in [1.165, 1.54) is 0 Å². The third-order valence-electron chi connectivity index (χ3n) is 2.68. The first-order valence-electron chi connectivity index (χ1n) is 6.12. The zero-order valence-corrected chi connectivity index (χ0v) is 11.5. The predicted octanol–water partition coefficient (Wildman–Crippen LogP) is 1.60. The molecule has 0 saturated carbocycles. The lowest BCUT2D eigenvalue weighted by Crippen LogP contribution is -2.20. The summed E-state index contributed by atoms with van der Waals surface area (Å²) in [5.41, 5.74) is 3.44. The average molecular weight is 261 g/mol. The molecule has 0 aliphatic heterocycles. The minimum Gasteiger partial charge on any atom is -0.465 e. The van der Waals surface area contributed by atoms with E-state index in [-0.39, 0.29) is 0 Å². The summed E-state index contributed by atoms with van der Waals surface area (Å²) in [6, 6.07) is 5.75. The number of aromatic nitrogens is 2. The lowest BCUT2D eigenvalue weighted by molar-refractivity contribution is 0.279. The van der Waals surface area contributed by atoms with Crippen molar-refractivity contribution in [1.82, 2.24) is 14.9 Å².